The van der Waals surface area contributed by atoms with Gasteiger partial charge in [0.25, 0.3) is 5.91 Å². The van der Waals surface area contributed by atoms with Gasteiger partial charge in [0.2, 0.25) is 11.8 Å². The molecule has 3 amide bonds. The van der Waals surface area contributed by atoms with E-state index in [4.69, 9.17) is 0 Å². The molecule has 3 aliphatic heterocycles. The highest BCUT2D eigenvalue weighted by molar-refractivity contribution is 8.02. The summed E-state index contributed by atoms with van der Waals surface area (Å²) in [6, 6.07) is 14.1. The number of aliphatic hydroxyl groups excluding tert-OH is 1. The molecule has 7 nitrogen and oxygen atoms in total. The van der Waals surface area contributed by atoms with E-state index in [1.165, 1.54) is 0 Å². The smallest absolute Gasteiger partial charge is 0.251 e. The summed E-state index contributed by atoms with van der Waals surface area (Å²) in [7, 11) is 0. The van der Waals surface area contributed by atoms with Gasteiger partial charge in [-0.25, -0.2) is 0 Å². The van der Waals surface area contributed by atoms with Crippen LogP contribution in [-0.4, -0.2) is 69.5 Å². The quantitative estimate of drug-likeness (QED) is 0.317. The van der Waals surface area contributed by atoms with Crippen LogP contribution in [0.1, 0.15) is 44.2 Å². The molecule has 3 fully saturated rings. The normalized spacial score (nSPS) is 26.7. The number of benzene rings is 2. The molecule has 234 valence electrons. The standard InChI is InChI=1S/C36H45N3O4S/c1-7-20-37(26-16-11-10-12-17-26)33(41)29-28-18-19-36(44-28)30(29)34(42)39(27(22-40)23(4)9-3)32(36)35(43)38(21-8-2)31-24(5)14-13-15-25(31)6/h7-8,10-17,23,27-30,32,40H,1-2,9,18-22H2,3-6H3/t23-,27-,28+,29-,30-,32?,36?/m0/s1. The monoisotopic (exact) mass is 615 g/mol. The lowest BCUT2D eigenvalue weighted by Gasteiger charge is -2.41. The summed E-state index contributed by atoms with van der Waals surface area (Å²) in [5.74, 6) is -1.75. The van der Waals surface area contributed by atoms with Crippen LogP contribution in [0.5, 0.6) is 0 Å². The third-order valence-electron chi connectivity index (χ3n) is 10.0. The molecule has 7 atom stereocenters. The number of anilines is 2. The van der Waals surface area contributed by atoms with Crippen LogP contribution in [-0.2, 0) is 14.4 Å². The van der Waals surface area contributed by atoms with Gasteiger partial charge in [-0.2, -0.15) is 0 Å². The second kappa shape index (κ2) is 12.9. The number of carbonyl (C=O) groups excluding carboxylic acids is 3. The molecule has 5 rings (SSSR count). The highest BCUT2D eigenvalue weighted by atomic mass is 32.2. The predicted molar refractivity (Wildman–Crippen MR) is 179 cm³/mol. The van der Waals surface area contributed by atoms with Crippen LogP contribution < -0.4 is 9.80 Å². The maximum atomic E-state index is 15.1. The van der Waals surface area contributed by atoms with Crippen molar-refractivity contribution < 1.29 is 19.5 Å². The molecule has 0 radical (unpaired) electrons. The first-order chi connectivity index (χ1) is 21.2. The molecular formula is C36H45N3O4S. The van der Waals surface area contributed by atoms with E-state index in [2.05, 4.69) is 13.2 Å². The summed E-state index contributed by atoms with van der Waals surface area (Å²) in [6.45, 7) is 16.2. The second-order valence-electron chi connectivity index (χ2n) is 12.5. The number of fused-ring (bicyclic) bond motifs is 1. The van der Waals surface area contributed by atoms with Crippen LogP contribution >= 0.6 is 11.8 Å². The lowest BCUT2D eigenvalue weighted by molar-refractivity contribution is -0.143. The Bertz CT molecular complexity index is 1410. The number of amides is 3. The van der Waals surface area contributed by atoms with Gasteiger partial charge in [-0.3, -0.25) is 14.4 Å². The fraction of sp³-hybridized carbons (Fsp3) is 0.472. The summed E-state index contributed by atoms with van der Waals surface area (Å²) in [5.41, 5.74) is 3.50. The summed E-state index contributed by atoms with van der Waals surface area (Å²) < 4.78 is -0.771. The Morgan fingerprint density at radius 3 is 2.27 bits per heavy atom. The van der Waals surface area contributed by atoms with E-state index in [0.29, 0.717) is 13.0 Å². The number of aryl methyl sites for hydroxylation is 2. The third-order valence-corrected chi connectivity index (χ3v) is 12.0. The highest BCUT2D eigenvalue weighted by Gasteiger charge is 2.75. The molecule has 0 aliphatic carbocycles. The Labute approximate surface area is 266 Å². The number of rotatable bonds is 12. The molecule has 44 heavy (non-hydrogen) atoms. The lowest BCUT2D eigenvalue weighted by Crippen LogP contribution is -2.59. The molecule has 2 bridgehead atoms. The van der Waals surface area contributed by atoms with E-state index >= 15 is 4.79 Å². The summed E-state index contributed by atoms with van der Waals surface area (Å²) >= 11 is 1.66. The summed E-state index contributed by atoms with van der Waals surface area (Å²) in [4.78, 5) is 49.6. The van der Waals surface area contributed by atoms with Crippen molar-refractivity contribution in [1.29, 1.82) is 0 Å². The first-order valence-electron chi connectivity index (χ1n) is 15.7. The van der Waals surface area contributed by atoms with E-state index in [-0.39, 0.29) is 42.0 Å². The zero-order valence-corrected chi connectivity index (χ0v) is 27.1. The van der Waals surface area contributed by atoms with E-state index in [1.807, 2.05) is 76.2 Å². The van der Waals surface area contributed by atoms with Gasteiger partial charge < -0.3 is 19.8 Å². The van der Waals surface area contributed by atoms with Gasteiger partial charge in [0.05, 0.1) is 29.2 Å². The van der Waals surface area contributed by atoms with Crippen molar-refractivity contribution in [3.8, 4) is 0 Å². The van der Waals surface area contributed by atoms with Crippen molar-refractivity contribution >= 4 is 40.9 Å². The second-order valence-corrected chi connectivity index (χ2v) is 14.1. The number of thioether (sulfide) groups is 1. The van der Waals surface area contributed by atoms with E-state index < -0.39 is 28.7 Å². The minimum atomic E-state index is -0.817. The van der Waals surface area contributed by atoms with Crippen molar-refractivity contribution in [2.75, 3.05) is 29.5 Å². The fourth-order valence-electron chi connectivity index (χ4n) is 7.86. The van der Waals surface area contributed by atoms with Crippen molar-refractivity contribution in [2.24, 2.45) is 17.8 Å². The zero-order chi connectivity index (χ0) is 31.8. The van der Waals surface area contributed by atoms with Crippen molar-refractivity contribution in [3.05, 3.63) is 85.0 Å². The Morgan fingerprint density at radius 2 is 1.68 bits per heavy atom. The van der Waals surface area contributed by atoms with Gasteiger partial charge >= 0.3 is 0 Å². The lowest BCUT2D eigenvalue weighted by atomic mass is 9.70. The Balaban J connectivity index is 1.64. The van der Waals surface area contributed by atoms with Crippen LogP contribution in [0.25, 0.3) is 0 Å². The van der Waals surface area contributed by atoms with E-state index in [9.17, 15) is 14.7 Å². The van der Waals surface area contributed by atoms with Crippen LogP contribution in [0.4, 0.5) is 11.4 Å². The predicted octanol–water partition coefficient (Wildman–Crippen LogP) is 5.54. The van der Waals surface area contributed by atoms with Gasteiger partial charge in [0, 0.05) is 29.7 Å². The third kappa shape index (κ3) is 5.10. The average Bonchev–Trinajstić information content (AvgIpc) is 3.67. The van der Waals surface area contributed by atoms with Gasteiger partial charge in [0.15, 0.2) is 0 Å². The maximum Gasteiger partial charge on any atom is 0.251 e. The molecule has 3 saturated heterocycles. The van der Waals surface area contributed by atoms with Crippen LogP contribution in [0, 0.1) is 31.6 Å². The minimum Gasteiger partial charge on any atom is -0.394 e. The first-order valence-corrected chi connectivity index (χ1v) is 16.6. The van der Waals surface area contributed by atoms with Gasteiger partial charge in [0.1, 0.15) is 6.04 Å². The molecule has 1 spiro atoms. The SMILES string of the molecule is C=CCN(C(=O)[C@@H]1[C@H]2C(=O)N([C@@H](CO)[C@@H](C)CC)C(C(=O)N(CC=C)c3c(C)cccc3C)C23CC[C@H]1S3)c1ccccc1. The molecule has 2 aromatic rings. The maximum absolute atomic E-state index is 15.1. The minimum absolute atomic E-state index is 0.0412. The van der Waals surface area contributed by atoms with Gasteiger partial charge in [-0.15, -0.1) is 24.9 Å². The topological polar surface area (TPSA) is 81.2 Å². The first kappa shape index (κ1) is 32.0. The molecule has 0 saturated carbocycles. The molecule has 0 aromatic heterocycles. The Morgan fingerprint density at radius 1 is 1.05 bits per heavy atom. The Hall–Kier alpha value is -3.36. The molecule has 2 unspecified atom stereocenters. The molecule has 3 aliphatic rings. The van der Waals surface area contributed by atoms with Gasteiger partial charge in [-0.05, 0) is 55.9 Å². The molecule has 2 aromatic carbocycles. The number of likely N-dealkylation sites (tertiary alicyclic amines) is 1. The molecule has 3 heterocycles. The number of hydrogen-bond donors (Lipinski definition) is 1. The van der Waals surface area contributed by atoms with Crippen molar-refractivity contribution in [3.63, 3.8) is 0 Å². The molecule has 8 heteroatoms. The highest BCUT2D eigenvalue weighted by Crippen LogP contribution is 2.67. The molecule has 1 N–H and O–H groups in total. The number of nitrogens with zero attached hydrogens (tertiary/aromatic N) is 3. The average molecular weight is 616 g/mol. The number of hydrogen-bond acceptors (Lipinski definition) is 5. The van der Waals surface area contributed by atoms with E-state index in [0.717, 1.165) is 35.3 Å². The summed E-state index contributed by atoms with van der Waals surface area (Å²) in [5, 5.41) is 10.7. The van der Waals surface area contributed by atoms with Crippen LogP contribution in [0.15, 0.2) is 73.8 Å². The zero-order valence-electron chi connectivity index (χ0n) is 26.3. The Kier molecular flexibility index (Phi) is 9.42. The van der Waals surface area contributed by atoms with Crippen molar-refractivity contribution in [2.45, 2.75) is 69.0 Å². The fourth-order valence-corrected chi connectivity index (χ4v) is 10.1. The van der Waals surface area contributed by atoms with Gasteiger partial charge in [-0.1, -0.05) is 68.8 Å². The van der Waals surface area contributed by atoms with Crippen molar-refractivity contribution in [1.82, 2.24) is 4.90 Å². The summed E-state index contributed by atoms with van der Waals surface area (Å²) in [6.07, 6.45) is 5.57. The molecular weight excluding hydrogens is 570 g/mol. The van der Waals surface area contributed by atoms with Crippen LogP contribution in [0.2, 0.25) is 0 Å². The van der Waals surface area contributed by atoms with Crippen LogP contribution in [0.3, 0.4) is 0 Å². The number of carbonyl (C=O) groups is 3. The largest absolute Gasteiger partial charge is 0.394 e. The number of aliphatic hydroxyl groups is 1. The van der Waals surface area contributed by atoms with E-state index in [1.54, 1.807) is 38.6 Å². The number of para-hydroxylation sites is 2.